The maximum absolute atomic E-state index is 9.44. The molecule has 0 unspecified atom stereocenters. The van der Waals surface area contributed by atoms with Crippen LogP contribution in [0.2, 0.25) is 0 Å². The van der Waals surface area contributed by atoms with Crippen molar-refractivity contribution in [2.75, 3.05) is 0 Å². The molecule has 0 saturated heterocycles. The molecule has 3 heteroatoms. The van der Waals surface area contributed by atoms with Gasteiger partial charge in [0, 0.05) is 34.1 Å². The van der Waals surface area contributed by atoms with E-state index in [2.05, 4.69) is 0 Å². The zero-order valence-electron chi connectivity index (χ0n) is 3.51. The van der Waals surface area contributed by atoms with Crippen molar-refractivity contribution >= 4 is 5.78 Å². The number of carbonyl (C=O) groups is 1. The third-order valence-electron chi connectivity index (χ3n) is 0. The van der Waals surface area contributed by atoms with Gasteiger partial charge in [0.1, 0.15) is 5.78 Å². The van der Waals surface area contributed by atoms with E-state index < -0.39 is 0 Å². The minimum Gasteiger partial charge on any atom is -0.300 e. The van der Waals surface area contributed by atoms with Gasteiger partial charge in [-0.05, 0) is 13.8 Å². The third-order valence-corrected chi connectivity index (χ3v) is 0. The first-order valence-electron chi connectivity index (χ1n) is 1.20. The van der Waals surface area contributed by atoms with Crippen LogP contribution >= 0.6 is 0 Å². The molecule has 0 aromatic carbocycles. The van der Waals surface area contributed by atoms with E-state index in [-0.39, 0.29) is 39.9 Å². The molecule has 0 aliphatic heterocycles. The molecule has 0 spiro atoms. The Labute approximate surface area is 58.8 Å². The maximum atomic E-state index is 9.44. The second-order valence-corrected chi connectivity index (χ2v) is 0.908. The van der Waals surface area contributed by atoms with Crippen LogP contribution in [0.25, 0.3) is 0 Å². The smallest absolute Gasteiger partial charge is 0.126 e. The van der Waals surface area contributed by atoms with Gasteiger partial charge in [-0.1, -0.05) is 0 Å². The van der Waals surface area contributed by atoms with Gasteiger partial charge in [-0.2, -0.15) is 0 Å². The van der Waals surface area contributed by atoms with Crippen molar-refractivity contribution in [3.8, 4) is 0 Å². The van der Waals surface area contributed by atoms with Crippen molar-refractivity contribution in [2.45, 2.75) is 13.8 Å². The molecule has 0 atom stereocenters. The zero-order valence-corrected chi connectivity index (χ0v) is 5.39. The quantitative estimate of drug-likeness (QED) is 0.505. The average Bonchev–Trinajstić information content (AvgIpc) is 0.811. The summed E-state index contributed by atoms with van der Waals surface area (Å²) in [5.41, 5.74) is 0. The summed E-state index contributed by atoms with van der Waals surface area (Å²) in [5, 5.41) is 0. The Morgan fingerprint density at radius 1 is 1.17 bits per heavy atom. The summed E-state index contributed by atoms with van der Waals surface area (Å²) >= 11 is 0. The van der Waals surface area contributed by atoms with Gasteiger partial charge < -0.3 is 4.79 Å². The molecule has 0 saturated carbocycles. The van der Waals surface area contributed by atoms with Crippen molar-refractivity contribution < 1.29 is 38.9 Å². The monoisotopic (exact) mass is 184 g/mol. The molecule has 0 heterocycles. The summed E-state index contributed by atoms with van der Waals surface area (Å²) in [5.74, 6) is 0.167. The summed E-state index contributed by atoms with van der Waals surface area (Å²) in [4.78, 5) is 9.44. The van der Waals surface area contributed by atoms with Crippen LogP contribution in [0.4, 0.5) is 0 Å². The molecule has 0 aliphatic carbocycles. The van der Waals surface area contributed by atoms with Crippen LogP contribution in [0.5, 0.6) is 0 Å². The van der Waals surface area contributed by atoms with E-state index in [1.54, 1.807) is 0 Å². The summed E-state index contributed by atoms with van der Waals surface area (Å²) in [6.07, 6.45) is 0. The molecule has 0 rings (SSSR count). The van der Waals surface area contributed by atoms with Crippen molar-refractivity contribution in [2.24, 2.45) is 0 Å². The second kappa shape index (κ2) is 9.20. The number of carbonyl (C=O) groups excluding carboxylic acids is 1. The van der Waals surface area contributed by atoms with E-state index in [1.165, 1.54) is 13.8 Å². The molecule has 0 fully saturated rings. The normalized spacial score (nSPS) is 4.33. The van der Waals surface area contributed by atoms with Crippen molar-refractivity contribution in [3.63, 3.8) is 0 Å². The maximum Gasteiger partial charge on any atom is 0.126 e. The Balaban J connectivity index is -0.0000000450. The molecule has 6 heavy (non-hydrogen) atoms. The SMILES string of the molecule is CC(C)=O.[Cu].[Cu]. The molecule has 0 bridgehead atoms. The molecule has 0 N–H and O–H groups in total. The van der Waals surface area contributed by atoms with Gasteiger partial charge in [-0.3, -0.25) is 0 Å². The molecule has 2 radical (unpaired) electrons. The van der Waals surface area contributed by atoms with Gasteiger partial charge in [0.15, 0.2) is 0 Å². The van der Waals surface area contributed by atoms with Crippen LogP contribution in [0, 0.1) is 0 Å². The van der Waals surface area contributed by atoms with E-state index in [9.17, 15) is 4.79 Å². The van der Waals surface area contributed by atoms with Gasteiger partial charge >= 0.3 is 0 Å². The summed E-state index contributed by atoms with van der Waals surface area (Å²) < 4.78 is 0. The summed E-state index contributed by atoms with van der Waals surface area (Å²) in [7, 11) is 0. The minimum atomic E-state index is 0. The topological polar surface area (TPSA) is 17.1 Å². The van der Waals surface area contributed by atoms with Gasteiger partial charge in [-0.15, -0.1) is 0 Å². The Bertz CT molecular complexity index is 31.8. The first-order chi connectivity index (χ1) is 1.73. The number of hydrogen-bond donors (Lipinski definition) is 0. The minimum absolute atomic E-state index is 0. The molecule has 0 aromatic heterocycles. The summed E-state index contributed by atoms with van der Waals surface area (Å²) in [6.45, 7) is 3.06. The standard InChI is InChI=1S/C3H6O.2Cu/c1-3(2)4;;/h1-2H3;;. The Morgan fingerprint density at radius 2 is 1.17 bits per heavy atom. The third kappa shape index (κ3) is 129. The average molecular weight is 185 g/mol. The zero-order chi connectivity index (χ0) is 3.58. The van der Waals surface area contributed by atoms with Crippen LogP contribution in [0.15, 0.2) is 0 Å². The molecule has 0 amide bonds. The van der Waals surface area contributed by atoms with Gasteiger partial charge in [0.05, 0.1) is 0 Å². The predicted molar refractivity (Wildman–Crippen MR) is 16.4 cm³/mol. The van der Waals surface area contributed by atoms with Crippen molar-refractivity contribution in [1.82, 2.24) is 0 Å². The fraction of sp³-hybridized carbons (Fsp3) is 0.667. The molecule has 46 valence electrons. The number of rotatable bonds is 0. The van der Waals surface area contributed by atoms with Crippen LogP contribution in [0.1, 0.15) is 13.8 Å². The largest absolute Gasteiger partial charge is 0.300 e. The van der Waals surface area contributed by atoms with Crippen LogP contribution in [-0.2, 0) is 38.9 Å². The first-order valence-corrected chi connectivity index (χ1v) is 1.20. The van der Waals surface area contributed by atoms with E-state index in [0.29, 0.717) is 0 Å². The van der Waals surface area contributed by atoms with Crippen molar-refractivity contribution in [1.29, 1.82) is 0 Å². The molecule has 1 nitrogen and oxygen atoms in total. The van der Waals surface area contributed by atoms with Gasteiger partial charge in [0.25, 0.3) is 0 Å². The number of hydrogen-bond acceptors (Lipinski definition) is 1. The predicted octanol–water partition coefficient (Wildman–Crippen LogP) is 0.590. The van der Waals surface area contributed by atoms with E-state index >= 15 is 0 Å². The van der Waals surface area contributed by atoms with E-state index in [1.807, 2.05) is 0 Å². The molecular formula is C3H6Cu2O. The Kier molecular flexibility index (Phi) is 24.4. The van der Waals surface area contributed by atoms with Crippen LogP contribution < -0.4 is 0 Å². The number of ketones is 1. The van der Waals surface area contributed by atoms with E-state index in [4.69, 9.17) is 0 Å². The van der Waals surface area contributed by atoms with E-state index in [0.717, 1.165) is 0 Å². The second-order valence-electron chi connectivity index (χ2n) is 0.908. The van der Waals surface area contributed by atoms with Crippen LogP contribution in [-0.4, -0.2) is 5.78 Å². The fourth-order valence-electron chi connectivity index (χ4n) is 0. The molecule has 0 aromatic rings. The Hall–Kier alpha value is 0.709. The summed E-state index contributed by atoms with van der Waals surface area (Å²) in [6, 6.07) is 0. The Morgan fingerprint density at radius 3 is 1.17 bits per heavy atom. The van der Waals surface area contributed by atoms with Gasteiger partial charge in [0.2, 0.25) is 0 Å². The van der Waals surface area contributed by atoms with Gasteiger partial charge in [-0.25, -0.2) is 0 Å². The fourth-order valence-corrected chi connectivity index (χ4v) is 0. The molecule has 0 aliphatic rings. The van der Waals surface area contributed by atoms with Crippen molar-refractivity contribution in [3.05, 3.63) is 0 Å². The van der Waals surface area contributed by atoms with Crippen LogP contribution in [0.3, 0.4) is 0 Å². The molecular weight excluding hydrogens is 179 g/mol. The number of Topliss-reactive ketones (excluding diaryl/α,β-unsaturated/α-hetero) is 1. The first kappa shape index (κ1) is 15.9.